The highest BCUT2D eigenvalue weighted by Crippen LogP contribution is 2.19. The largest absolute Gasteiger partial charge is 0.463 e. The summed E-state index contributed by atoms with van der Waals surface area (Å²) in [4.78, 5) is 28.2. The first kappa shape index (κ1) is 15.7. The van der Waals surface area contributed by atoms with E-state index in [9.17, 15) is 9.59 Å². The molecule has 3 N–H and O–H groups in total. The van der Waals surface area contributed by atoms with Crippen LogP contribution in [-0.2, 0) is 13.1 Å². The van der Waals surface area contributed by atoms with E-state index in [1.54, 1.807) is 30.5 Å². The molecule has 8 heteroatoms. The van der Waals surface area contributed by atoms with Crippen molar-refractivity contribution in [3.8, 4) is 5.69 Å². The van der Waals surface area contributed by atoms with Gasteiger partial charge in [-0.25, -0.2) is 9.36 Å². The number of hydrogen-bond acceptors (Lipinski definition) is 4. The summed E-state index contributed by atoms with van der Waals surface area (Å²) in [6.07, 6.45) is 1.63. The summed E-state index contributed by atoms with van der Waals surface area (Å²) in [5, 5.41) is 3.73. The van der Waals surface area contributed by atoms with Gasteiger partial charge in [-0.05, 0) is 30.3 Å². The molecule has 0 bridgehead atoms. The zero-order chi connectivity index (χ0) is 17.4. The van der Waals surface area contributed by atoms with Crippen molar-refractivity contribution in [2.45, 2.75) is 13.1 Å². The van der Waals surface area contributed by atoms with E-state index in [1.807, 2.05) is 12.1 Å². The fourth-order valence-corrected chi connectivity index (χ4v) is 3.27. The van der Waals surface area contributed by atoms with Gasteiger partial charge >= 0.3 is 5.69 Å². The Morgan fingerprint density at radius 3 is 2.88 bits per heavy atom. The zero-order valence-electron chi connectivity index (χ0n) is 13.2. The first-order chi connectivity index (χ1) is 12.1. The van der Waals surface area contributed by atoms with Gasteiger partial charge < -0.3 is 14.6 Å². The van der Waals surface area contributed by atoms with E-state index in [1.165, 1.54) is 4.57 Å². The van der Waals surface area contributed by atoms with Crippen LogP contribution in [0, 0.1) is 0 Å². The number of H-pyrrole nitrogens is 1. The van der Waals surface area contributed by atoms with Crippen LogP contribution in [0.15, 0.2) is 56.7 Å². The Labute approximate surface area is 147 Å². The number of anilines is 1. The molecule has 0 fully saturated rings. The fraction of sp³-hybridized carbons (Fsp3) is 0.176. The maximum atomic E-state index is 12.4. The molecule has 0 saturated carbocycles. The molecule has 0 spiro atoms. The van der Waals surface area contributed by atoms with Gasteiger partial charge in [0.1, 0.15) is 24.5 Å². The molecule has 25 heavy (non-hydrogen) atoms. The average molecular weight is 360 g/mol. The van der Waals surface area contributed by atoms with Crippen molar-refractivity contribution in [3.05, 3.63) is 79.8 Å². The van der Waals surface area contributed by atoms with Crippen LogP contribution in [0.2, 0.25) is 5.02 Å². The standard InChI is InChI=1S/C17H15ClN4O3/c18-11-3-1-4-12(7-11)22-15-14(16(23)20-17(22)24)9-21(10-19-15)8-13-5-2-6-25-13/h1-7,19H,8-10H2,(H,20,23,24)/p+1. The van der Waals surface area contributed by atoms with Gasteiger partial charge in [0.2, 0.25) is 0 Å². The number of hydrogen-bond donors (Lipinski definition) is 3. The molecule has 2 aromatic heterocycles. The molecule has 4 rings (SSSR count). The number of fused-ring (bicyclic) bond motifs is 1. The van der Waals surface area contributed by atoms with Crippen LogP contribution < -0.4 is 21.5 Å². The monoisotopic (exact) mass is 359 g/mol. The quantitative estimate of drug-likeness (QED) is 0.644. The van der Waals surface area contributed by atoms with E-state index in [4.69, 9.17) is 16.0 Å². The Hall–Kier alpha value is -2.77. The van der Waals surface area contributed by atoms with Crippen LogP contribution >= 0.6 is 11.6 Å². The molecule has 3 heterocycles. The normalized spacial score (nSPS) is 16.3. The van der Waals surface area contributed by atoms with Crippen molar-refractivity contribution in [2.24, 2.45) is 0 Å². The summed E-state index contributed by atoms with van der Waals surface area (Å²) in [5.41, 5.74) is 0.273. The Bertz CT molecular complexity index is 1020. The lowest BCUT2D eigenvalue weighted by atomic mass is 10.2. The van der Waals surface area contributed by atoms with E-state index >= 15 is 0 Å². The van der Waals surface area contributed by atoms with Crippen LogP contribution in [0.1, 0.15) is 11.3 Å². The Morgan fingerprint density at radius 2 is 2.12 bits per heavy atom. The van der Waals surface area contributed by atoms with Crippen LogP contribution in [0.25, 0.3) is 5.69 Å². The third-order valence-electron chi connectivity index (χ3n) is 4.21. The number of rotatable bonds is 3. The summed E-state index contributed by atoms with van der Waals surface area (Å²) in [5.74, 6) is 1.36. The van der Waals surface area contributed by atoms with Gasteiger partial charge in [-0.2, -0.15) is 0 Å². The van der Waals surface area contributed by atoms with E-state index in [-0.39, 0.29) is 5.56 Å². The topological polar surface area (TPSA) is 84.5 Å². The smallest absolute Gasteiger partial charge is 0.334 e. The molecule has 7 nitrogen and oxygen atoms in total. The van der Waals surface area contributed by atoms with E-state index in [0.29, 0.717) is 41.8 Å². The lowest BCUT2D eigenvalue weighted by Crippen LogP contribution is -3.11. The van der Waals surface area contributed by atoms with Gasteiger partial charge in [0, 0.05) is 5.02 Å². The van der Waals surface area contributed by atoms with E-state index in [0.717, 1.165) is 10.7 Å². The maximum absolute atomic E-state index is 12.4. The lowest BCUT2D eigenvalue weighted by molar-refractivity contribution is -0.926. The molecule has 1 aliphatic rings. The van der Waals surface area contributed by atoms with Gasteiger partial charge in [-0.3, -0.25) is 9.78 Å². The number of nitrogens with zero attached hydrogens (tertiary/aromatic N) is 1. The SMILES string of the molecule is O=c1[nH]c(=O)n(-c2cccc(Cl)c2)c2c1C[NH+](Cc1ccco1)CN2. The summed E-state index contributed by atoms with van der Waals surface area (Å²) in [6, 6.07) is 10.7. The fourth-order valence-electron chi connectivity index (χ4n) is 3.09. The maximum Gasteiger partial charge on any atom is 0.334 e. The van der Waals surface area contributed by atoms with Crippen molar-refractivity contribution in [2.75, 3.05) is 12.0 Å². The number of nitrogens with one attached hydrogen (secondary N) is 3. The van der Waals surface area contributed by atoms with Crippen molar-refractivity contribution in [3.63, 3.8) is 0 Å². The second-order valence-electron chi connectivity index (χ2n) is 5.94. The molecular weight excluding hydrogens is 344 g/mol. The summed E-state index contributed by atoms with van der Waals surface area (Å²) < 4.78 is 6.83. The summed E-state index contributed by atoms with van der Waals surface area (Å²) >= 11 is 6.04. The van der Waals surface area contributed by atoms with Crippen molar-refractivity contribution in [1.82, 2.24) is 9.55 Å². The number of furan rings is 1. The van der Waals surface area contributed by atoms with Gasteiger partial charge in [0.15, 0.2) is 12.4 Å². The van der Waals surface area contributed by atoms with E-state index < -0.39 is 5.69 Å². The highest BCUT2D eigenvalue weighted by molar-refractivity contribution is 6.30. The highest BCUT2D eigenvalue weighted by atomic mass is 35.5. The minimum atomic E-state index is -0.493. The first-order valence-electron chi connectivity index (χ1n) is 7.86. The van der Waals surface area contributed by atoms with Crippen molar-refractivity contribution in [1.29, 1.82) is 0 Å². The molecule has 3 aromatic rings. The number of halogens is 1. The second-order valence-corrected chi connectivity index (χ2v) is 6.37. The Balaban J connectivity index is 1.75. The molecule has 1 aromatic carbocycles. The van der Waals surface area contributed by atoms with Crippen LogP contribution in [0.4, 0.5) is 5.82 Å². The summed E-state index contributed by atoms with van der Waals surface area (Å²) in [6.45, 7) is 1.70. The molecule has 0 aliphatic carbocycles. The molecule has 1 atom stereocenters. The Morgan fingerprint density at radius 1 is 1.24 bits per heavy atom. The minimum absolute atomic E-state index is 0.373. The number of quaternary nitrogens is 1. The minimum Gasteiger partial charge on any atom is -0.463 e. The van der Waals surface area contributed by atoms with Gasteiger partial charge in [0.05, 0.1) is 12.0 Å². The van der Waals surface area contributed by atoms with Gasteiger partial charge in [-0.1, -0.05) is 17.7 Å². The lowest BCUT2D eigenvalue weighted by Gasteiger charge is -2.27. The zero-order valence-corrected chi connectivity index (χ0v) is 14.0. The molecule has 1 aliphatic heterocycles. The van der Waals surface area contributed by atoms with E-state index in [2.05, 4.69) is 10.3 Å². The van der Waals surface area contributed by atoms with Gasteiger partial charge in [-0.15, -0.1) is 0 Å². The second kappa shape index (κ2) is 6.27. The number of benzene rings is 1. The molecule has 128 valence electrons. The Kier molecular flexibility index (Phi) is 3.95. The average Bonchev–Trinajstić information content (AvgIpc) is 3.08. The molecule has 0 radical (unpaired) electrons. The van der Waals surface area contributed by atoms with Crippen LogP contribution in [-0.4, -0.2) is 16.2 Å². The molecule has 1 unspecified atom stereocenters. The van der Waals surface area contributed by atoms with Crippen LogP contribution in [0.5, 0.6) is 0 Å². The van der Waals surface area contributed by atoms with Gasteiger partial charge in [0.25, 0.3) is 5.56 Å². The third-order valence-corrected chi connectivity index (χ3v) is 4.45. The first-order valence-corrected chi connectivity index (χ1v) is 8.23. The third kappa shape index (κ3) is 2.99. The van der Waals surface area contributed by atoms with Crippen molar-refractivity contribution < 1.29 is 9.32 Å². The highest BCUT2D eigenvalue weighted by Gasteiger charge is 2.26. The molecular formula is C17H16ClN4O3+. The molecule has 0 amide bonds. The predicted octanol–water partition coefficient (Wildman–Crippen LogP) is 0.740. The predicted molar refractivity (Wildman–Crippen MR) is 93.2 cm³/mol. The summed E-state index contributed by atoms with van der Waals surface area (Å²) in [7, 11) is 0. The van der Waals surface area contributed by atoms with Crippen LogP contribution in [0.3, 0.4) is 0 Å². The van der Waals surface area contributed by atoms with Crippen molar-refractivity contribution >= 4 is 17.4 Å². The number of aromatic amines is 1. The number of aromatic nitrogens is 2. The molecule has 0 saturated heterocycles.